The maximum atomic E-state index is 13.0. The minimum Gasteiger partial charge on any atom is -0.497 e. The molecule has 3 N–H and O–H groups in total. The minimum atomic E-state index is -0.881. The third-order valence-electron chi connectivity index (χ3n) is 4.35. The highest BCUT2D eigenvalue weighted by Gasteiger charge is 2.36. The van der Waals surface area contributed by atoms with Gasteiger partial charge in [-0.25, -0.2) is 9.69 Å². The van der Waals surface area contributed by atoms with Gasteiger partial charge in [-0.3, -0.25) is 19.7 Å². The molecular formula is C21H18ClN3O7. The van der Waals surface area contributed by atoms with Crippen LogP contribution in [0, 0.1) is 0 Å². The number of rotatable bonds is 7. The number of hydrogen-bond acceptors (Lipinski definition) is 7. The number of anilines is 1. The minimum absolute atomic E-state index is 0.0594. The molecule has 1 saturated heterocycles. The quantitative estimate of drug-likeness (QED) is 0.476. The smallest absolute Gasteiger partial charge is 0.335 e. The van der Waals surface area contributed by atoms with Crippen LogP contribution in [-0.4, -0.2) is 44.6 Å². The summed E-state index contributed by atoms with van der Waals surface area (Å²) in [5, 5.41) is 2.19. The number of hydrogen-bond donors (Lipinski definition) is 2. The predicted octanol–water partition coefficient (Wildman–Crippen LogP) is 1.89. The molecule has 0 radical (unpaired) electrons. The zero-order valence-corrected chi connectivity index (χ0v) is 17.8. The van der Waals surface area contributed by atoms with Crippen LogP contribution in [0.2, 0.25) is 5.02 Å². The topological polar surface area (TPSA) is 137 Å². The number of ether oxygens (including phenoxy) is 3. The lowest BCUT2D eigenvalue weighted by Gasteiger charge is -2.26. The summed E-state index contributed by atoms with van der Waals surface area (Å²) in [6.45, 7) is -0.420. The third kappa shape index (κ3) is 4.65. The second-order valence-corrected chi connectivity index (χ2v) is 6.85. The number of methoxy groups -OCH3 is 2. The van der Waals surface area contributed by atoms with Gasteiger partial charge in [0.15, 0.2) is 18.1 Å². The van der Waals surface area contributed by atoms with Gasteiger partial charge in [0.25, 0.3) is 17.7 Å². The Morgan fingerprint density at radius 3 is 2.41 bits per heavy atom. The average Bonchev–Trinajstić information content (AvgIpc) is 2.75. The monoisotopic (exact) mass is 459 g/mol. The van der Waals surface area contributed by atoms with Crippen LogP contribution < -0.4 is 30.2 Å². The lowest BCUT2D eigenvalue weighted by atomic mass is 10.1. The van der Waals surface area contributed by atoms with E-state index in [0.717, 1.165) is 4.90 Å². The Kier molecular flexibility index (Phi) is 6.64. The maximum Gasteiger partial charge on any atom is 0.335 e. The second kappa shape index (κ2) is 9.40. The molecule has 10 nitrogen and oxygen atoms in total. The number of nitrogens with one attached hydrogen (secondary N) is 1. The summed E-state index contributed by atoms with van der Waals surface area (Å²) in [7, 11) is 2.83. The molecule has 0 aromatic heterocycles. The molecule has 2 aromatic rings. The third-order valence-corrected chi connectivity index (χ3v) is 4.63. The van der Waals surface area contributed by atoms with E-state index in [2.05, 4.69) is 5.32 Å². The normalized spacial score (nSPS) is 14.9. The van der Waals surface area contributed by atoms with Crippen molar-refractivity contribution in [2.24, 2.45) is 5.73 Å². The fourth-order valence-electron chi connectivity index (χ4n) is 2.90. The molecule has 2 aromatic carbocycles. The van der Waals surface area contributed by atoms with E-state index in [1.807, 2.05) is 0 Å². The van der Waals surface area contributed by atoms with Crippen molar-refractivity contribution in [1.29, 1.82) is 0 Å². The molecule has 0 atom stereocenters. The van der Waals surface area contributed by atoms with Gasteiger partial charge in [-0.05, 0) is 48.0 Å². The highest BCUT2D eigenvalue weighted by molar-refractivity contribution is 6.39. The van der Waals surface area contributed by atoms with Crippen LogP contribution in [0.15, 0.2) is 42.0 Å². The SMILES string of the molecule is COc1ccc(N2C(=O)NC(=O)/C(=C\c3cc(Cl)c(OCC(N)=O)c(OC)c3)C2=O)cc1. The summed E-state index contributed by atoms with van der Waals surface area (Å²) in [4.78, 5) is 49.5. The number of primary amides is 1. The molecule has 0 aliphatic carbocycles. The number of nitrogens with two attached hydrogens (primary N) is 1. The maximum absolute atomic E-state index is 13.0. The van der Waals surface area contributed by atoms with Gasteiger partial charge in [0, 0.05) is 0 Å². The number of carbonyl (C=O) groups excluding carboxylic acids is 4. The Morgan fingerprint density at radius 1 is 1.12 bits per heavy atom. The molecule has 166 valence electrons. The highest BCUT2D eigenvalue weighted by atomic mass is 35.5. The fraction of sp³-hybridized carbons (Fsp3) is 0.143. The molecule has 1 heterocycles. The van der Waals surface area contributed by atoms with Crippen LogP contribution in [0.1, 0.15) is 5.56 Å². The van der Waals surface area contributed by atoms with Crippen molar-refractivity contribution in [2.75, 3.05) is 25.7 Å². The molecule has 3 rings (SSSR count). The van der Waals surface area contributed by atoms with E-state index >= 15 is 0 Å². The molecule has 1 aliphatic heterocycles. The standard InChI is InChI=1S/C21H18ClN3O7/c1-30-13-5-3-12(4-6-13)25-20(28)14(19(27)24-21(25)29)7-11-8-15(22)18(16(9-11)31-2)32-10-17(23)26/h3-9H,10H2,1-2H3,(H2,23,26)(H,24,27,29)/b14-7+. The van der Waals surface area contributed by atoms with Gasteiger partial charge in [0.05, 0.1) is 24.9 Å². The van der Waals surface area contributed by atoms with Gasteiger partial charge in [-0.1, -0.05) is 11.6 Å². The van der Waals surface area contributed by atoms with Crippen molar-refractivity contribution >= 4 is 47.1 Å². The van der Waals surface area contributed by atoms with Crippen molar-refractivity contribution in [3.05, 3.63) is 52.6 Å². The van der Waals surface area contributed by atoms with E-state index in [4.69, 9.17) is 31.5 Å². The number of imide groups is 2. The average molecular weight is 460 g/mol. The van der Waals surface area contributed by atoms with Crippen LogP contribution in [-0.2, 0) is 14.4 Å². The number of carbonyl (C=O) groups is 4. The Bertz CT molecular complexity index is 1130. The van der Waals surface area contributed by atoms with Crippen LogP contribution in [0.3, 0.4) is 0 Å². The van der Waals surface area contributed by atoms with Crippen molar-refractivity contribution in [1.82, 2.24) is 5.32 Å². The summed E-state index contributed by atoms with van der Waals surface area (Å²) in [6, 6.07) is 8.14. The van der Waals surface area contributed by atoms with Gasteiger partial charge >= 0.3 is 6.03 Å². The van der Waals surface area contributed by atoms with Gasteiger partial charge in [0.2, 0.25) is 0 Å². The lowest BCUT2D eigenvalue weighted by molar-refractivity contribution is -0.123. The van der Waals surface area contributed by atoms with Crippen LogP contribution in [0.25, 0.3) is 6.08 Å². The summed E-state index contributed by atoms with van der Waals surface area (Å²) < 4.78 is 15.5. The van der Waals surface area contributed by atoms with Crippen molar-refractivity contribution in [2.45, 2.75) is 0 Å². The van der Waals surface area contributed by atoms with E-state index in [1.165, 1.54) is 44.6 Å². The second-order valence-electron chi connectivity index (χ2n) is 6.44. The first-order valence-electron chi connectivity index (χ1n) is 9.09. The molecule has 5 amide bonds. The summed E-state index contributed by atoms with van der Waals surface area (Å²) >= 11 is 6.22. The Morgan fingerprint density at radius 2 is 1.81 bits per heavy atom. The Balaban J connectivity index is 1.98. The molecule has 32 heavy (non-hydrogen) atoms. The van der Waals surface area contributed by atoms with E-state index in [9.17, 15) is 19.2 Å². The molecule has 1 aliphatic rings. The number of urea groups is 1. The highest BCUT2D eigenvalue weighted by Crippen LogP contribution is 2.37. The first-order valence-corrected chi connectivity index (χ1v) is 9.47. The number of amides is 5. The Labute approximate surface area is 187 Å². The molecule has 0 unspecified atom stereocenters. The lowest BCUT2D eigenvalue weighted by Crippen LogP contribution is -2.54. The number of nitrogens with zero attached hydrogens (tertiary/aromatic N) is 1. The molecule has 11 heteroatoms. The summed E-state index contributed by atoms with van der Waals surface area (Å²) in [5.41, 5.74) is 5.34. The van der Waals surface area contributed by atoms with Gasteiger partial charge in [0.1, 0.15) is 11.3 Å². The van der Waals surface area contributed by atoms with E-state index in [1.54, 1.807) is 12.1 Å². The van der Waals surface area contributed by atoms with E-state index < -0.39 is 30.4 Å². The first-order chi connectivity index (χ1) is 15.2. The number of barbiturate groups is 1. The largest absolute Gasteiger partial charge is 0.497 e. The zero-order chi connectivity index (χ0) is 23.4. The Hall–Kier alpha value is -4.05. The van der Waals surface area contributed by atoms with Crippen molar-refractivity contribution in [3.8, 4) is 17.2 Å². The van der Waals surface area contributed by atoms with Gasteiger partial charge < -0.3 is 19.9 Å². The molecule has 1 fully saturated rings. The zero-order valence-electron chi connectivity index (χ0n) is 17.0. The van der Waals surface area contributed by atoms with Gasteiger partial charge in [-0.2, -0.15) is 0 Å². The predicted molar refractivity (Wildman–Crippen MR) is 115 cm³/mol. The van der Waals surface area contributed by atoms with Gasteiger partial charge in [-0.15, -0.1) is 0 Å². The van der Waals surface area contributed by atoms with Crippen LogP contribution >= 0.6 is 11.6 Å². The van der Waals surface area contributed by atoms with Crippen LogP contribution in [0.5, 0.6) is 17.2 Å². The number of halogens is 1. The van der Waals surface area contributed by atoms with Crippen molar-refractivity contribution < 1.29 is 33.4 Å². The fourth-order valence-corrected chi connectivity index (χ4v) is 3.17. The molecule has 0 bridgehead atoms. The molecule has 0 saturated carbocycles. The van der Waals surface area contributed by atoms with E-state index in [0.29, 0.717) is 11.3 Å². The molecule has 0 spiro atoms. The summed E-state index contributed by atoms with van der Waals surface area (Å²) in [6.07, 6.45) is 1.26. The molecular weight excluding hydrogens is 442 g/mol. The van der Waals surface area contributed by atoms with Crippen molar-refractivity contribution in [3.63, 3.8) is 0 Å². The van der Waals surface area contributed by atoms with E-state index in [-0.39, 0.29) is 27.8 Å². The van der Waals surface area contributed by atoms with Crippen LogP contribution in [0.4, 0.5) is 10.5 Å². The first kappa shape index (κ1) is 22.6. The number of benzene rings is 2. The summed E-state index contributed by atoms with van der Waals surface area (Å²) in [5.74, 6) is -1.64.